The Morgan fingerprint density at radius 2 is 2.07 bits per heavy atom. The summed E-state index contributed by atoms with van der Waals surface area (Å²) in [5.41, 5.74) is 3.89. The van der Waals surface area contributed by atoms with E-state index >= 15 is 0 Å². The molecular formula is C18H19N7O2. The maximum Gasteiger partial charge on any atom is 0.228 e. The lowest BCUT2D eigenvalue weighted by atomic mass is 10.1. The Bertz CT molecular complexity index is 1100. The molecule has 0 amide bonds. The smallest absolute Gasteiger partial charge is 0.228 e. The molecule has 0 bridgehead atoms. The van der Waals surface area contributed by atoms with E-state index in [9.17, 15) is 5.11 Å². The van der Waals surface area contributed by atoms with Gasteiger partial charge in [-0.15, -0.1) is 0 Å². The Hall–Kier alpha value is -3.04. The average Bonchev–Trinajstić information content (AvgIpc) is 3.35. The van der Waals surface area contributed by atoms with Crippen LogP contribution in [0.1, 0.15) is 0 Å². The van der Waals surface area contributed by atoms with E-state index in [-0.39, 0.29) is 6.61 Å². The third kappa shape index (κ3) is 2.81. The molecule has 4 aromatic heterocycles. The van der Waals surface area contributed by atoms with Crippen molar-refractivity contribution >= 4 is 28.1 Å². The summed E-state index contributed by atoms with van der Waals surface area (Å²) in [6, 6.07) is 4.03. The van der Waals surface area contributed by atoms with Crippen LogP contribution >= 0.6 is 0 Å². The second-order valence-electron chi connectivity index (χ2n) is 6.44. The molecule has 0 unspecified atom stereocenters. The summed E-state index contributed by atoms with van der Waals surface area (Å²) in [5, 5.41) is 10.4. The number of hydrogen-bond acceptors (Lipinski definition) is 7. The number of nitrogens with zero attached hydrogens (tertiary/aromatic N) is 6. The largest absolute Gasteiger partial charge is 0.395 e. The van der Waals surface area contributed by atoms with Gasteiger partial charge in [-0.3, -0.25) is 0 Å². The normalized spacial score (nSPS) is 15.1. The van der Waals surface area contributed by atoms with E-state index < -0.39 is 0 Å². The van der Waals surface area contributed by atoms with E-state index in [2.05, 4.69) is 25.9 Å². The van der Waals surface area contributed by atoms with Crippen molar-refractivity contribution in [1.82, 2.24) is 29.5 Å². The van der Waals surface area contributed by atoms with Crippen molar-refractivity contribution in [2.75, 3.05) is 37.8 Å². The molecule has 1 aliphatic heterocycles. The molecule has 0 radical (unpaired) electrons. The predicted molar refractivity (Wildman–Crippen MR) is 101 cm³/mol. The SMILES string of the molecule is OCCn1cnc2c(-c3cnc4[nH]ccc4c3)nc(N3CCOCC3)nc21. The number of fused-ring (bicyclic) bond motifs is 2. The molecule has 0 atom stereocenters. The zero-order valence-corrected chi connectivity index (χ0v) is 14.7. The van der Waals surface area contributed by atoms with Crippen LogP contribution in [-0.2, 0) is 11.3 Å². The second-order valence-corrected chi connectivity index (χ2v) is 6.44. The van der Waals surface area contributed by atoms with Gasteiger partial charge in [0.15, 0.2) is 5.65 Å². The number of pyridine rings is 1. The second kappa shape index (κ2) is 6.60. The lowest BCUT2D eigenvalue weighted by Gasteiger charge is -2.27. The standard InChI is InChI=1S/C18H19N7O2/c26-6-3-25-11-21-15-14(13-9-12-1-2-19-16(12)20-10-13)22-18(23-17(15)25)24-4-7-27-8-5-24/h1-2,9-11,26H,3-8H2,(H,19,20). The maximum atomic E-state index is 9.36. The number of aromatic amines is 1. The lowest BCUT2D eigenvalue weighted by Crippen LogP contribution is -2.37. The van der Waals surface area contributed by atoms with Crippen molar-refractivity contribution in [2.24, 2.45) is 0 Å². The van der Waals surface area contributed by atoms with Crippen molar-refractivity contribution in [1.29, 1.82) is 0 Å². The third-order valence-electron chi connectivity index (χ3n) is 4.76. The highest BCUT2D eigenvalue weighted by Gasteiger charge is 2.20. The van der Waals surface area contributed by atoms with Gasteiger partial charge in [0.25, 0.3) is 0 Å². The number of imidazole rings is 1. The van der Waals surface area contributed by atoms with Crippen LogP contribution in [0.15, 0.2) is 30.9 Å². The van der Waals surface area contributed by atoms with Gasteiger partial charge in [0, 0.05) is 43.0 Å². The molecule has 0 aromatic carbocycles. The molecular weight excluding hydrogens is 346 g/mol. The molecule has 4 aromatic rings. The molecule has 5 rings (SSSR count). The van der Waals surface area contributed by atoms with Crippen molar-refractivity contribution in [3.05, 3.63) is 30.9 Å². The first-order chi connectivity index (χ1) is 13.3. The van der Waals surface area contributed by atoms with Crippen molar-refractivity contribution < 1.29 is 9.84 Å². The van der Waals surface area contributed by atoms with Gasteiger partial charge in [-0.05, 0) is 12.1 Å². The number of aliphatic hydroxyl groups is 1. The minimum atomic E-state index is 0.0224. The molecule has 1 fully saturated rings. The number of H-pyrrole nitrogens is 1. The highest BCUT2D eigenvalue weighted by Crippen LogP contribution is 2.29. The summed E-state index contributed by atoms with van der Waals surface area (Å²) in [6.07, 6.45) is 5.37. The Morgan fingerprint density at radius 3 is 2.93 bits per heavy atom. The molecule has 27 heavy (non-hydrogen) atoms. The van der Waals surface area contributed by atoms with Crippen LogP contribution in [-0.4, -0.2) is 67.5 Å². The first-order valence-corrected chi connectivity index (χ1v) is 8.93. The summed E-state index contributed by atoms with van der Waals surface area (Å²) in [5.74, 6) is 0.648. The number of hydrogen-bond donors (Lipinski definition) is 2. The van der Waals surface area contributed by atoms with Gasteiger partial charge in [0.1, 0.15) is 16.9 Å². The quantitative estimate of drug-likeness (QED) is 0.560. The number of anilines is 1. The summed E-state index contributed by atoms with van der Waals surface area (Å²) < 4.78 is 7.30. The van der Waals surface area contributed by atoms with Crippen LogP contribution in [0.5, 0.6) is 0 Å². The predicted octanol–water partition coefficient (Wildman–Crippen LogP) is 1.20. The Labute approximate surface area is 154 Å². The molecule has 9 nitrogen and oxygen atoms in total. The summed E-state index contributed by atoms with van der Waals surface area (Å²) in [6.45, 7) is 3.26. The molecule has 9 heteroatoms. The number of morpholine rings is 1. The van der Waals surface area contributed by atoms with Crippen LogP contribution in [0.25, 0.3) is 33.5 Å². The van der Waals surface area contributed by atoms with Gasteiger partial charge in [0.05, 0.1) is 26.1 Å². The highest BCUT2D eigenvalue weighted by atomic mass is 16.5. The Kier molecular flexibility index (Phi) is 3.95. The monoisotopic (exact) mass is 365 g/mol. The third-order valence-corrected chi connectivity index (χ3v) is 4.76. The van der Waals surface area contributed by atoms with E-state index in [0.717, 1.165) is 35.4 Å². The summed E-state index contributed by atoms with van der Waals surface area (Å²) in [7, 11) is 0. The van der Waals surface area contributed by atoms with Gasteiger partial charge in [0.2, 0.25) is 5.95 Å². The summed E-state index contributed by atoms with van der Waals surface area (Å²) in [4.78, 5) is 23.8. The molecule has 0 spiro atoms. The van der Waals surface area contributed by atoms with E-state index in [1.807, 2.05) is 16.8 Å². The van der Waals surface area contributed by atoms with Gasteiger partial charge in [-0.1, -0.05) is 0 Å². The number of aromatic nitrogens is 6. The van der Waals surface area contributed by atoms with E-state index in [0.29, 0.717) is 36.9 Å². The number of nitrogens with one attached hydrogen (secondary N) is 1. The van der Waals surface area contributed by atoms with E-state index in [1.54, 1.807) is 12.5 Å². The average molecular weight is 365 g/mol. The van der Waals surface area contributed by atoms with Crippen LogP contribution in [0.2, 0.25) is 0 Å². The molecule has 1 saturated heterocycles. The van der Waals surface area contributed by atoms with Gasteiger partial charge in [-0.25, -0.2) is 15.0 Å². The van der Waals surface area contributed by atoms with Crippen LogP contribution in [0.4, 0.5) is 5.95 Å². The molecule has 2 N–H and O–H groups in total. The molecule has 0 aliphatic carbocycles. The molecule has 138 valence electrons. The van der Waals surface area contributed by atoms with E-state index in [4.69, 9.17) is 14.7 Å². The van der Waals surface area contributed by atoms with Crippen molar-refractivity contribution in [3.63, 3.8) is 0 Å². The minimum absolute atomic E-state index is 0.0224. The molecule has 1 aliphatic rings. The van der Waals surface area contributed by atoms with Crippen molar-refractivity contribution in [3.8, 4) is 11.3 Å². The first kappa shape index (κ1) is 16.2. The molecule has 0 saturated carbocycles. The first-order valence-electron chi connectivity index (χ1n) is 8.93. The Morgan fingerprint density at radius 1 is 1.19 bits per heavy atom. The van der Waals surface area contributed by atoms with E-state index in [1.165, 1.54) is 0 Å². The fourth-order valence-corrected chi connectivity index (χ4v) is 3.38. The van der Waals surface area contributed by atoms with Crippen LogP contribution in [0, 0.1) is 0 Å². The minimum Gasteiger partial charge on any atom is -0.395 e. The number of rotatable bonds is 4. The van der Waals surface area contributed by atoms with Gasteiger partial charge in [-0.2, -0.15) is 4.98 Å². The summed E-state index contributed by atoms with van der Waals surface area (Å²) >= 11 is 0. The Balaban J connectivity index is 1.70. The zero-order valence-electron chi connectivity index (χ0n) is 14.7. The van der Waals surface area contributed by atoms with Crippen molar-refractivity contribution in [2.45, 2.75) is 6.54 Å². The van der Waals surface area contributed by atoms with Crippen LogP contribution in [0.3, 0.4) is 0 Å². The maximum absolute atomic E-state index is 9.36. The lowest BCUT2D eigenvalue weighted by molar-refractivity contribution is 0.122. The fourth-order valence-electron chi connectivity index (χ4n) is 3.38. The topological polar surface area (TPSA) is 105 Å². The van der Waals surface area contributed by atoms with Gasteiger partial charge >= 0.3 is 0 Å². The fraction of sp³-hybridized carbons (Fsp3) is 0.333. The highest BCUT2D eigenvalue weighted by molar-refractivity contribution is 5.91. The van der Waals surface area contributed by atoms with Gasteiger partial charge < -0.3 is 24.3 Å². The number of ether oxygens (including phenoxy) is 1. The van der Waals surface area contributed by atoms with Crippen LogP contribution < -0.4 is 4.90 Å². The zero-order chi connectivity index (χ0) is 18.2. The molecule has 5 heterocycles. The number of aliphatic hydroxyl groups excluding tert-OH is 1.